The monoisotopic (exact) mass is 581 g/mol. The number of anilines is 2. The van der Waals surface area contributed by atoms with Gasteiger partial charge >= 0.3 is 5.97 Å². The molecule has 3 aromatic carbocycles. The fraction of sp³-hybridized carbons (Fsp3) is 0.303. The van der Waals surface area contributed by atoms with Crippen LogP contribution in [0.3, 0.4) is 0 Å². The van der Waals surface area contributed by atoms with Crippen molar-refractivity contribution in [2.24, 2.45) is 0 Å². The first-order valence-corrected chi connectivity index (χ1v) is 14.4. The number of fused-ring (bicyclic) bond motifs is 1. The van der Waals surface area contributed by atoms with E-state index >= 15 is 4.39 Å². The quantitative estimate of drug-likeness (QED) is 0.337. The second-order valence-electron chi connectivity index (χ2n) is 11.0. The lowest BCUT2D eigenvalue weighted by Gasteiger charge is -2.38. The molecule has 0 aliphatic carbocycles. The molecule has 0 amide bonds. The van der Waals surface area contributed by atoms with Crippen LogP contribution in [0.25, 0.3) is 16.6 Å². The lowest BCUT2D eigenvalue weighted by molar-refractivity contribution is 0.0695. The van der Waals surface area contributed by atoms with Crippen molar-refractivity contribution in [1.82, 2.24) is 9.47 Å². The molecule has 2 fully saturated rings. The molecule has 0 radical (unpaired) electrons. The van der Waals surface area contributed by atoms with Gasteiger partial charge in [0.05, 0.1) is 24.1 Å². The Kier molecular flexibility index (Phi) is 7.74. The highest BCUT2D eigenvalue weighted by Gasteiger charge is 2.28. The van der Waals surface area contributed by atoms with Crippen LogP contribution in [0.4, 0.5) is 15.8 Å². The van der Waals surface area contributed by atoms with E-state index in [9.17, 15) is 14.7 Å². The third-order valence-corrected chi connectivity index (χ3v) is 8.38. The van der Waals surface area contributed by atoms with Gasteiger partial charge in [-0.15, -0.1) is 0 Å². The first-order chi connectivity index (χ1) is 20.9. The Balaban J connectivity index is 1.40. The number of ether oxygens (including phenoxy) is 1. The third-order valence-electron chi connectivity index (χ3n) is 8.38. The van der Waals surface area contributed by atoms with Gasteiger partial charge in [0.15, 0.2) is 11.6 Å². The number of carboxylic acids is 1. The Morgan fingerprint density at radius 1 is 0.953 bits per heavy atom. The van der Waals surface area contributed by atoms with E-state index < -0.39 is 22.8 Å². The molecule has 43 heavy (non-hydrogen) atoms. The van der Waals surface area contributed by atoms with Gasteiger partial charge in [-0.1, -0.05) is 12.1 Å². The number of nitrogens with zero attached hydrogens (tertiary/aromatic N) is 5. The molecular formula is C33H32FN5O4. The van der Waals surface area contributed by atoms with Gasteiger partial charge in [-0.2, -0.15) is 5.26 Å². The second kappa shape index (κ2) is 11.8. The average Bonchev–Trinajstić information content (AvgIpc) is 3.54. The summed E-state index contributed by atoms with van der Waals surface area (Å²) in [5.41, 5.74) is 2.67. The Bertz CT molecular complexity index is 1770. The highest BCUT2D eigenvalue weighted by atomic mass is 19.1. The van der Waals surface area contributed by atoms with E-state index in [0.717, 1.165) is 37.0 Å². The zero-order chi connectivity index (χ0) is 30.1. The van der Waals surface area contributed by atoms with Crippen molar-refractivity contribution in [3.8, 4) is 17.5 Å². The molecule has 220 valence electrons. The Labute approximate surface area is 248 Å². The lowest BCUT2D eigenvalue weighted by atomic mass is 10.1. The minimum absolute atomic E-state index is 0.0599. The number of hydrogen-bond donors (Lipinski definition) is 1. The predicted octanol–water partition coefficient (Wildman–Crippen LogP) is 4.63. The summed E-state index contributed by atoms with van der Waals surface area (Å²) in [6.07, 6.45) is 3.70. The van der Waals surface area contributed by atoms with Gasteiger partial charge in [0.2, 0.25) is 5.43 Å². The molecule has 1 aromatic heterocycles. The number of carboxylic acid groups (broad SMARTS) is 1. The van der Waals surface area contributed by atoms with Gasteiger partial charge in [-0.3, -0.25) is 9.69 Å². The van der Waals surface area contributed by atoms with Gasteiger partial charge in [0.1, 0.15) is 16.8 Å². The van der Waals surface area contributed by atoms with Gasteiger partial charge in [0.25, 0.3) is 0 Å². The van der Waals surface area contributed by atoms with Gasteiger partial charge in [-0.25, -0.2) is 9.18 Å². The molecule has 6 rings (SSSR count). The first-order valence-electron chi connectivity index (χ1n) is 14.4. The van der Waals surface area contributed by atoms with Crippen LogP contribution in [0.15, 0.2) is 65.6 Å². The van der Waals surface area contributed by atoms with Crippen LogP contribution in [0.2, 0.25) is 0 Å². The highest BCUT2D eigenvalue weighted by Crippen LogP contribution is 2.39. The summed E-state index contributed by atoms with van der Waals surface area (Å²) in [6, 6.07) is 18.4. The topological polar surface area (TPSA) is 102 Å². The summed E-state index contributed by atoms with van der Waals surface area (Å²) in [6.45, 7) is 5.16. The SMILES string of the molecule is COc1c(N2CCN(c3ccc(C#N)cc3)CC2)c(F)cc2c(=O)c(C(=O)O)cn(-c3ccc(CN4CCCC4)cc3)c12. The van der Waals surface area contributed by atoms with E-state index in [2.05, 4.69) is 15.9 Å². The summed E-state index contributed by atoms with van der Waals surface area (Å²) in [5.74, 6) is -1.85. The van der Waals surface area contributed by atoms with Crippen molar-refractivity contribution < 1.29 is 19.0 Å². The molecule has 4 aromatic rings. The van der Waals surface area contributed by atoms with Gasteiger partial charge in [0, 0.05) is 50.3 Å². The predicted molar refractivity (Wildman–Crippen MR) is 163 cm³/mol. The van der Waals surface area contributed by atoms with Crippen LogP contribution in [0.5, 0.6) is 5.75 Å². The van der Waals surface area contributed by atoms with Gasteiger partial charge in [-0.05, 0) is 74.0 Å². The Hall–Kier alpha value is -4.88. The number of aromatic carboxylic acids is 1. The number of piperazine rings is 1. The summed E-state index contributed by atoms with van der Waals surface area (Å²) < 4.78 is 23.3. The number of likely N-dealkylation sites (tertiary alicyclic amines) is 1. The molecule has 2 aliphatic rings. The van der Waals surface area contributed by atoms with Crippen molar-refractivity contribution in [2.75, 3.05) is 56.2 Å². The van der Waals surface area contributed by atoms with E-state index in [0.29, 0.717) is 42.9 Å². The number of aromatic nitrogens is 1. The number of pyridine rings is 1. The molecule has 2 saturated heterocycles. The zero-order valence-corrected chi connectivity index (χ0v) is 23.9. The smallest absolute Gasteiger partial charge is 0.341 e. The fourth-order valence-corrected chi connectivity index (χ4v) is 6.16. The normalized spacial score (nSPS) is 15.6. The van der Waals surface area contributed by atoms with Crippen molar-refractivity contribution in [3.63, 3.8) is 0 Å². The second-order valence-corrected chi connectivity index (χ2v) is 11.0. The summed E-state index contributed by atoms with van der Waals surface area (Å²) in [7, 11) is 1.43. The molecule has 0 saturated carbocycles. The van der Waals surface area contributed by atoms with Crippen LogP contribution in [0.1, 0.15) is 34.3 Å². The maximum atomic E-state index is 15.9. The Morgan fingerprint density at radius 2 is 1.58 bits per heavy atom. The number of benzene rings is 3. The third kappa shape index (κ3) is 5.40. The van der Waals surface area contributed by atoms with Crippen molar-refractivity contribution >= 4 is 28.2 Å². The molecule has 2 aliphatic heterocycles. The lowest BCUT2D eigenvalue weighted by Crippen LogP contribution is -2.47. The number of halogens is 1. The van der Waals surface area contributed by atoms with E-state index in [4.69, 9.17) is 10.00 Å². The van der Waals surface area contributed by atoms with Crippen molar-refractivity contribution in [1.29, 1.82) is 5.26 Å². The molecule has 0 spiro atoms. The number of rotatable bonds is 7. The summed E-state index contributed by atoms with van der Waals surface area (Å²) >= 11 is 0. The Morgan fingerprint density at radius 3 is 2.19 bits per heavy atom. The molecule has 9 nitrogen and oxygen atoms in total. The summed E-state index contributed by atoms with van der Waals surface area (Å²) in [4.78, 5) is 31.8. The molecule has 0 bridgehead atoms. The van der Waals surface area contributed by atoms with E-state index in [-0.39, 0.29) is 16.8 Å². The van der Waals surface area contributed by atoms with Crippen LogP contribution >= 0.6 is 0 Å². The fourth-order valence-electron chi connectivity index (χ4n) is 6.16. The van der Waals surface area contributed by atoms with E-state index in [1.807, 2.05) is 41.3 Å². The number of carbonyl (C=O) groups is 1. The van der Waals surface area contributed by atoms with Crippen LogP contribution in [-0.4, -0.2) is 66.9 Å². The minimum Gasteiger partial charge on any atom is -0.492 e. The molecule has 10 heteroatoms. The standard InChI is InChI=1S/C33H32FN5O4/c1-43-32-29-26(18-28(34)30(32)38-16-14-37(15-17-38)24-8-4-22(19-35)5-9-24)31(40)27(33(41)42)21-39(29)25-10-6-23(7-11-25)20-36-12-2-3-13-36/h4-11,18,21H,2-3,12-17,20H2,1H3,(H,41,42). The largest absolute Gasteiger partial charge is 0.492 e. The first kappa shape index (κ1) is 28.2. The molecule has 0 atom stereocenters. The van der Waals surface area contributed by atoms with Crippen molar-refractivity contribution in [2.45, 2.75) is 19.4 Å². The van der Waals surface area contributed by atoms with Crippen LogP contribution in [0, 0.1) is 17.1 Å². The summed E-state index contributed by atoms with van der Waals surface area (Å²) in [5, 5.41) is 18.9. The molecule has 0 unspecified atom stereocenters. The maximum Gasteiger partial charge on any atom is 0.341 e. The average molecular weight is 582 g/mol. The van der Waals surface area contributed by atoms with Crippen LogP contribution < -0.4 is 20.0 Å². The van der Waals surface area contributed by atoms with Crippen molar-refractivity contribution in [3.05, 3.63) is 93.5 Å². The van der Waals surface area contributed by atoms with Gasteiger partial charge < -0.3 is 24.2 Å². The molecule has 1 N–H and O–H groups in total. The van der Waals surface area contributed by atoms with Crippen LogP contribution in [-0.2, 0) is 6.54 Å². The molecule has 3 heterocycles. The molecular weight excluding hydrogens is 549 g/mol. The maximum absolute atomic E-state index is 15.9. The number of methoxy groups -OCH3 is 1. The minimum atomic E-state index is -1.38. The van der Waals surface area contributed by atoms with E-state index in [1.165, 1.54) is 26.1 Å². The van der Waals surface area contributed by atoms with E-state index in [1.54, 1.807) is 16.7 Å². The number of hydrogen-bond acceptors (Lipinski definition) is 7. The number of nitriles is 1. The highest BCUT2D eigenvalue weighted by molar-refractivity contribution is 5.97. The zero-order valence-electron chi connectivity index (χ0n) is 23.9.